The summed E-state index contributed by atoms with van der Waals surface area (Å²) < 4.78 is 19.3. The van der Waals surface area contributed by atoms with Gasteiger partial charge in [-0.05, 0) is 55.4 Å². The number of aryl methyl sites for hydroxylation is 2. The molecule has 1 atom stereocenters. The first-order valence-corrected chi connectivity index (χ1v) is 14.3. The number of aromatic nitrogens is 2. The molecule has 2 fully saturated rings. The molecule has 1 aromatic heterocycles. The Morgan fingerprint density at radius 1 is 1.09 bits per heavy atom. The van der Waals surface area contributed by atoms with Crippen LogP contribution in [0.25, 0.3) is 0 Å². The van der Waals surface area contributed by atoms with Crippen LogP contribution in [0.4, 0.5) is 5.69 Å². The van der Waals surface area contributed by atoms with E-state index in [0.29, 0.717) is 18.8 Å². The predicted molar refractivity (Wildman–Crippen MR) is 148 cm³/mol. The summed E-state index contributed by atoms with van der Waals surface area (Å²) >= 11 is 6.44. The fourth-order valence-corrected chi connectivity index (χ4v) is 4.53. The van der Waals surface area contributed by atoms with Gasteiger partial charge in [0, 0.05) is 31.3 Å². The van der Waals surface area contributed by atoms with E-state index in [0.717, 1.165) is 56.4 Å². The average molecular weight is 524 g/mol. The summed E-state index contributed by atoms with van der Waals surface area (Å²) in [5.41, 5.74) is 4.92. The van der Waals surface area contributed by atoms with Gasteiger partial charge < -0.3 is 19.5 Å². The summed E-state index contributed by atoms with van der Waals surface area (Å²) in [4.78, 5) is 12.8. The lowest BCUT2D eigenvalue weighted by Crippen LogP contribution is -2.37. The lowest BCUT2D eigenvalue weighted by molar-refractivity contribution is -0.163. The Morgan fingerprint density at radius 3 is 2.46 bits per heavy atom. The molecule has 2 saturated heterocycles. The Hall–Kier alpha value is -1.52. The van der Waals surface area contributed by atoms with Crippen LogP contribution in [0.5, 0.6) is 0 Å². The lowest BCUT2D eigenvalue weighted by Gasteiger charge is -2.33. The molecule has 1 unspecified atom stereocenters. The SMILES string of the molecule is CC.CC.Cc1cc2c(cc1NC(=O)c1cnn(C3CCCCO3)c1)CC1(CC2)OCCO1.SS. The average Bonchev–Trinajstić information content (AvgIpc) is 3.60. The smallest absolute Gasteiger partial charge is 0.258 e. The third-order valence-electron chi connectivity index (χ3n) is 6.16. The lowest BCUT2D eigenvalue weighted by atomic mass is 9.86. The van der Waals surface area contributed by atoms with Crippen LogP contribution in [0.15, 0.2) is 24.5 Å². The van der Waals surface area contributed by atoms with Crippen molar-refractivity contribution in [3.8, 4) is 0 Å². The van der Waals surface area contributed by atoms with E-state index >= 15 is 0 Å². The largest absolute Gasteiger partial charge is 0.357 e. The second-order valence-electron chi connectivity index (χ2n) is 8.20. The molecule has 1 aliphatic carbocycles. The van der Waals surface area contributed by atoms with E-state index < -0.39 is 5.79 Å². The Labute approximate surface area is 220 Å². The molecule has 2 aromatic rings. The van der Waals surface area contributed by atoms with Gasteiger partial charge in [-0.1, -0.05) is 33.8 Å². The molecule has 1 spiro atoms. The third-order valence-corrected chi connectivity index (χ3v) is 6.16. The van der Waals surface area contributed by atoms with Gasteiger partial charge >= 0.3 is 0 Å². The molecule has 3 aliphatic rings. The van der Waals surface area contributed by atoms with Crippen molar-refractivity contribution in [1.29, 1.82) is 0 Å². The number of hydrogen-bond acceptors (Lipinski definition) is 7. The number of thiol groups is 2. The first kappa shape index (κ1) is 29.7. The number of anilines is 1. The maximum absolute atomic E-state index is 12.8. The topological polar surface area (TPSA) is 74.6 Å². The number of benzene rings is 1. The molecule has 1 aromatic carbocycles. The highest BCUT2D eigenvalue weighted by molar-refractivity contribution is 8.59. The number of amides is 1. The van der Waals surface area contributed by atoms with Crippen molar-refractivity contribution >= 4 is 34.9 Å². The van der Waals surface area contributed by atoms with Gasteiger partial charge in [0.2, 0.25) is 0 Å². The van der Waals surface area contributed by atoms with Crippen LogP contribution in [-0.2, 0) is 27.1 Å². The maximum Gasteiger partial charge on any atom is 0.258 e. The Morgan fingerprint density at radius 2 is 1.80 bits per heavy atom. The van der Waals surface area contributed by atoms with E-state index in [4.69, 9.17) is 14.2 Å². The molecule has 0 bridgehead atoms. The number of nitrogens with zero attached hydrogens (tertiary/aromatic N) is 2. The number of hydrogen-bond donors (Lipinski definition) is 3. The standard InChI is InChI=1S/C22H27N3O4.2C2H6.H2S2/c1-15-10-16-5-6-22(28-8-9-29-22)12-17(16)11-19(15)24-21(26)18-13-23-25(14-18)20-4-2-3-7-27-20;3*1-2/h10-11,13-14,20H,2-9,12H2,1H3,(H,24,26);2*1-2H3;1-2H. The van der Waals surface area contributed by atoms with Gasteiger partial charge in [0.05, 0.1) is 25.0 Å². The summed E-state index contributed by atoms with van der Waals surface area (Å²) in [5.74, 6) is -0.640. The number of carbonyl (C=O) groups excluding carboxylic acids is 1. The minimum absolute atomic E-state index is 0.0709. The van der Waals surface area contributed by atoms with Crippen LogP contribution in [-0.4, -0.2) is 41.3 Å². The van der Waals surface area contributed by atoms with E-state index in [9.17, 15) is 4.79 Å². The molecular formula is C26H41N3O4S2. The first-order valence-electron chi connectivity index (χ1n) is 12.7. The summed E-state index contributed by atoms with van der Waals surface area (Å²) in [6.45, 7) is 12.1. The third kappa shape index (κ3) is 7.49. The van der Waals surface area contributed by atoms with Crippen LogP contribution >= 0.6 is 23.3 Å². The van der Waals surface area contributed by atoms with E-state index in [2.05, 4.69) is 45.9 Å². The zero-order valence-corrected chi connectivity index (χ0v) is 23.5. The minimum atomic E-state index is -0.481. The molecule has 196 valence electrons. The van der Waals surface area contributed by atoms with Crippen molar-refractivity contribution in [2.45, 2.75) is 85.2 Å². The minimum Gasteiger partial charge on any atom is -0.357 e. The van der Waals surface area contributed by atoms with Gasteiger partial charge in [-0.15, -0.1) is 23.3 Å². The zero-order valence-electron chi connectivity index (χ0n) is 21.7. The summed E-state index contributed by atoms with van der Waals surface area (Å²) in [6, 6.07) is 4.25. The molecule has 5 rings (SSSR count). The molecule has 35 heavy (non-hydrogen) atoms. The van der Waals surface area contributed by atoms with Crippen LogP contribution in [0, 0.1) is 6.92 Å². The van der Waals surface area contributed by atoms with Crippen molar-refractivity contribution in [2.75, 3.05) is 25.1 Å². The maximum atomic E-state index is 12.8. The molecule has 9 heteroatoms. The highest BCUT2D eigenvalue weighted by atomic mass is 33.1. The molecule has 1 N–H and O–H groups in total. The number of carbonyl (C=O) groups is 1. The highest BCUT2D eigenvalue weighted by Gasteiger charge is 2.40. The molecule has 0 saturated carbocycles. The van der Waals surface area contributed by atoms with Crippen LogP contribution < -0.4 is 5.32 Å². The van der Waals surface area contributed by atoms with Crippen LogP contribution in [0.1, 0.15) is 86.7 Å². The summed E-state index contributed by atoms with van der Waals surface area (Å²) in [5, 5.41) is 7.40. The molecule has 0 radical (unpaired) electrons. The Kier molecular flexibility index (Phi) is 12.6. The normalized spacial score (nSPS) is 19.7. The number of nitrogens with one attached hydrogen (secondary N) is 1. The Bertz CT molecular complexity index is 923. The van der Waals surface area contributed by atoms with E-state index in [1.165, 1.54) is 11.1 Å². The predicted octanol–water partition coefficient (Wildman–Crippen LogP) is 6.19. The monoisotopic (exact) mass is 523 g/mol. The van der Waals surface area contributed by atoms with Gasteiger partial charge in [0.25, 0.3) is 5.91 Å². The van der Waals surface area contributed by atoms with Crippen LogP contribution in [0.3, 0.4) is 0 Å². The molecule has 3 heterocycles. The number of ether oxygens (including phenoxy) is 3. The second-order valence-corrected chi connectivity index (χ2v) is 8.20. The quantitative estimate of drug-likeness (QED) is 0.331. The summed E-state index contributed by atoms with van der Waals surface area (Å²) in [7, 11) is 0. The van der Waals surface area contributed by atoms with Crippen molar-refractivity contribution in [3.05, 3.63) is 46.8 Å². The second kappa shape index (κ2) is 14.9. The van der Waals surface area contributed by atoms with E-state index in [1.807, 2.05) is 34.6 Å². The van der Waals surface area contributed by atoms with Gasteiger partial charge in [0.15, 0.2) is 5.79 Å². The van der Waals surface area contributed by atoms with Crippen molar-refractivity contribution < 1.29 is 19.0 Å². The fraction of sp³-hybridized carbons (Fsp3) is 0.615. The molecule has 7 nitrogen and oxygen atoms in total. The van der Waals surface area contributed by atoms with Gasteiger partial charge in [-0.2, -0.15) is 5.10 Å². The van der Waals surface area contributed by atoms with Crippen molar-refractivity contribution in [2.24, 2.45) is 0 Å². The Balaban J connectivity index is 0.000000671. The van der Waals surface area contributed by atoms with E-state index in [-0.39, 0.29) is 12.1 Å². The molecule has 2 aliphatic heterocycles. The molecule has 1 amide bonds. The number of rotatable bonds is 3. The highest BCUT2D eigenvalue weighted by Crippen LogP contribution is 2.37. The summed E-state index contributed by atoms with van der Waals surface area (Å²) in [6.07, 6.45) is 8.98. The number of fused-ring (bicyclic) bond motifs is 1. The zero-order chi connectivity index (χ0) is 25.8. The van der Waals surface area contributed by atoms with Gasteiger partial charge in [-0.25, -0.2) is 4.68 Å². The van der Waals surface area contributed by atoms with Crippen molar-refractivity contribution in [3.63, 3.8) is 0 Å². The first-order chi connectivity index (χ1) is 17.1. The van der Waals surface area contributed by atoms with Crippen molar-refractivity contribution in [1.82, 2.24) is 9.78 Å². The molecular weight excluding hydrogens is 482 g/mol. The van der Waals surface area contributed by atoms with Crippen LogP contribution in [0.2, 0.25) is 0 Å². The fourth-order valence-electron chi connectivity index (χ4n) is 4.53. The van der Waals surface area contributed by atoms with Gasteiger partial charge in [0.1, 0.15) is 6.23 Å². The van der Waals surface area contributed by atoms with Gasteiger partial charge in [-0.3, -0.25) is 4.79 Å². The van der Waals surface area contributed by atoms with E-state index in [1.54, 1.807) is 17.1 Å².